The average Bonchev–Trinajstić information content (AvgIpc) is 3.29. The monoisotopic (exact) mass is 277 g/mol. The molecule has 0 bridgehead atoms. The second-order valence-corrected chi connectivity index (χ2v) is 5.67. The molecule has 0 spiro atoms. The van der Waals surface area contributed by atoms with E-state index in [9.17, 15) is 15.0 Å². The second-order valence-electron chi connectivity index (χ2n) is 5.67. The van der Waals surface area contributed by atoms with Gasteiger partial charge in [-0.2, -0.15) is 0 Å². The highest BCUT2D eigenvalue weighted by Crippen LogP contribution is 2.37. The molecule has 0 radical (unpaired) electrons. The summed E-state index contributed by atoms with van der Waals surface area (Å²) in [4.78, 5) is 20.5. The second kappa shape index (κ2) is 5.46. The van der Waals surface area contributed by atoms with E-state index >= 15 is 0 Å². The van der Waals surface area contributed by atoms with Crippen LogP contribution in [-0.4, -0.2) is 44.3 Å². The van der Waals surface area contributed by atoms with Crippen LogP contribution in [0.15, 0.2) is 12.4 Å². The molecule has 20 heavy (non-hydrogen) atoms. The lowest BCUT2D eigenvalue weighted by Crippen LogP contribution is -2.51. The summed E-state index contributed by atoms with van der Waals surface area (Å²) in [6, 6.07) is -0.408. The molecule has 2 aliphatic rings. The summed E-state index contributed by atoms with van der Waals surface area (Å²) in [6.45, 7) is 0. The zero-order chi connectivity index (χ0) is 14.1. The Kier molecular flexibility index (Phi) is 3.67. The van der Waals surface area contributed by atoms with Gasteiger partial charge in [-0.05, 0) is 32.1 Å². The Bertz CT molecular complexity index is 487. The highest BCUT2D eigenvalue weighted by molar-refractivity contribution is 5.93. The molecule has 0 aliphatic heterocycles. The van der Waals surface area contributed by atoms with Crippen molar-refractivity contribution in [2.75, 3.05) is 0 Å². The van der Waals surface area contributed by atoms with Crippen molar-refractivity contribution in [3.05, 3.63) is 23.8 Å². The molecule has 2 fully saturated rings. The van der Waals surface area contributed by atoms with E-state index in [1.165, 1.54) is 12.4 Å². The third-order valence-electron chi connectivity index (χ3n) is 4.01. The molecule has 3 N–H and O–H groups in total. The number of carbonyl (C=O) groups excluding carboxylic acids is 1. The number of aliphatic hydroxyl groups is 2. The van der Waals surface area contributed by atoms with Crippen molar-refractivity contribution in [1.29, 1.82) is 0 Å². The standard InChI is InChI=1S/C14H19N3O3/c18-11-3-1-2-10(12(11)19)17-14(20)9-6-15-13(16-7-9)8-4-5-8/h6-8,10-12,18-19H,1-5H2,(H,17,20)/t10-,11-,12-/m1/s1. The number of rotatable bonds is 3. The molecular formula is C14H19N3O3. The maximum atomic E-state index is 12.1. The predicted octanol–water partition coefficient (Wildman–Crippen LogP) is 0.358. The molecular weight excluding hydrogens is 258 g/mol. The van der Waals surface area contributed by atoms with E-state index in [0.29, 0.717) is 24.3 Å². The average molecular weight is 277 g/mol. The van der Waals surface area contributed by atoms with Crippen molar-refractivity contribution in [3.8, 4) is 0 Å². The summed E-state index contributed by atoms with van der Waals surface area (Å²) in [5, 5.41) is 22.2. The first-order chi connectivity index (χ1) is 9.65. The Hall–Kier alpha value is -1.53. The van der Waals surface area contributed by atoms with Crippen LogP contribution in [0.25, 0.3) is 0 Å². The third kappa shape index (κ3) is 2.81. The van der Waals surface area contributed by atoms with Crippen LogP contribution in [0.4, 0.5) is 0 Å². The summed E-state index contributed by atoms with van der Waals surface area (Å²) < 4.78 is 0. The van der Waals surface area contributed by atoms with Crippen LogP contribution >= 0.6 is 0 Å². The van der Waals surface area contributed by atoms with Gasteiger partial charge in [0.15, 0.2) is 0 Å². The molecule has 6 heteroatoms. The fourth-order valence-electron chi connectivity index (χ4n) is 2.57. The Labute approximate surface area is 117 Å². The fraction of sp³-hybridized carbons (Fsp3) is 0.643. The minimum absolute atomic E-state index is 0.300. The van der Waals surface area contributed by atoms with Crippen molar-refractivity contribution < 1.29 is 15.0 Å². The van der Waals surface area contributed by atoms with E-state index in [4.69, 9.17) is 0 Å². The van der Waals surface area contributed by atoms with Gasteiger partial charge in [0.2, 0.25) is 0 Å². The summed E-state index contributed by atoms with van der Waals surface area (Å²) >= 11 is 0. The first-order valence-corrected chi connectivity index (χ1v) is 7.14. The van der Waals surface area contributed by atoms with Crippen molar-refractivity contribution in [1.82, 2.24) is 15.3 Å². The van der Waals surface area contributed by atoms with E-state index in [1.54, 1.807) is 0 Å². The molecule has 1 heterocycles. The Balaban J connectivity index is 1.63. The number of aromatic nitrogens is 2. The molecule has 1 aromatic rings. The smallest absolute Gasteiger partial charge is 0.254 e. The first-order valence-electron chi connectivity index (χ1n) is 7.14. The van der Waals surface area contributed by atoms with Crippen molar-refractivity contribution in [2.45, 2.75) is 56.3 Å². The van der Waals surface area contributed by atoms with Gasteiger partial charge >= 0.3 is 0 Å². The highest BCUT2D eigenvalue weighted by Gasteiger charge is 2.32. The van der Waals surface area contributed by atoms with Crippen molar-refractivity contribution in [2.24, 2.45) is 0 Å². The van der Waals surface area contributed by atoms with Crippen LogP contribution in [0.2, 0.25) is 0 Å². The minimum atomic E-state index is -0.903. The minimum Gasteiger partial charge on any atom is -0.390 e. The summed E-state index contributed by atoms with van der Waals surface area (Å²) in [5.41, 5.74) is 0.390. The van der Waals surface area contributed by atoms with Gasteiger partial charge in [-0.15, -0.1) is 0 Å². The summed E-state index contributed by atoms with van der Waals surface area (Å²) in [5.74, 6) is 0.961. The van der Waals surface area contributed by atoms with Gasteiger partial charge in [-0.25, -0.2) is 9.97 Å². The maximum Gasteiger partial charge on any atom is 0.254 e. The van der Waals surface area contributed by atoms with Gasteiger partial charge in [0, 0.05) is 18.3 Å². The van der Waals surface area contributed by atoms with Gasteiger partial charge in [-0.3, -0.25) is 4.79 Å². The molecule has 6 nitrogen and oxygen atoms in total. The Morgan fingerprint density at radius 3 is 2.50 bits per heavy atom. The topological polar surface area (TPSA) is 95.3 Å². The molecule has 1 amide bonds. The number of hydrogen-bond acceptors (Lipinski definition) is 5. The van der Waals surface area contributed by atoms with Crippen molar-refractivity contribution >= 4 is 5.91 Å². The summed E-state index contributed by atoms with van der Waals surface area (Å²) in [6.07, 6.45) is 5.68. The first kappa shape index (κ1) is 13.5. The zero-order valence-electron chi connectivity index (χ0n) is 11.2. The number of hydrogen-bond donors (Lipinski definition) is 3. The molecule has 1 aromatic heterocycles. The number of amides is 1. The lowest BCUT2D eigenvalue weighted by Gasteiger charge is -2.32. The van der Waals surface area contributed by atoms with Gasteiger partial charge < -0.3 is 15.5 Å². The van der Waals surface area contributed by atoms with E-state index < -0.39 is 18.2 Å². The van der Waals surface area contributed by atoms with Gasteiger partial charge in [0.25, 0.3) is 5.91 Å². The molecule has 0 saturated heterocycles. The quantitative estimate of drug-likeness (QED) is 0.741. The van der Waals surface area contributed by atoms with Crippen LogP contribution in [0, 0.1) is 0 Å². The number of carbonyl (C=O) groups is 1. The van der Waals surface area contributed by atoms with E-state index in [1.807, 2.05) is 0 Å². The largest absolute Gasteiger partial charge is 0.390 e. The molecule has 108 valence electrons. The van der Waals surface area contributed by atoms with Crippen LogP contribution in [0.5, 0.6) is 0 Å². The fourth-order valence-corrected chi connectivity index (χ4v) is 2.57. The van der Waals surface area contributed by atoms with E-state index in [0.717, 1.165) is 25.1 Å². The lowest BCUT2D eigenvalue weighted by atomic mass is 9.90. The Morgan fingerprint density at radius 1 is 1.15 bits per heavy atom. The third-order valence-corrected chi connectivity index (χ3v) is 4.01. The number of nitrogens with zero attached hydrogens (tertiary/aromatic N) is 2. The molecule has 0 unspecified atom stereocenters. The van der Waals surface area contributed by atoms with Crippen LogP contribution < -0.4 is 5.32 Å². The summed E-state index contributed by atoms with van der Waals surface area (Å²) in [7, 11) is 0. The van der Waals surface area contributed by atoms with E-state index in [-0.39, 0.29) is 5.91 Å². The zero-order valence-corrected chi connectivity index (χ0v) is 11.2. The predicted molar refractivity (Wildman–Crippen MR) is 71.1 cm³/mol. The van der Waals surface area contributed by atoms with Gasteiger partial charge in [0.05, 0.1) is 23.8 Å². The molecule has 2 aliphatic carbocycles. The highest BCUT2D eigenvalue weighted by atomic mass is 16.3. The van der Waals surface area contributed by atoms with Crippen LogP contribution in [-0.2, 0) is 0 Å². The van der Waals surface area contributed by atoms with Crippen LogP contribution in [0.1, 0.15) is 54.2 Å². The normalized spacial score (nSPS) is 30.0. The molecule has 2 saturated carbocycles. The molecule has 3 atom stereocenters. The van der Waals surface area contributed by atoms with E-state index in [2.05, 4.69) is 15.3 Å². The van der Waals surface area contributed by atoms with Gasteiger partial charge in [0.1, 0.15) is 5.82 Å². The van der Waals surface area contributed by atoms with Crippen molar-refractivity contribution in [3.63, 3.8) is 0 Å². The maximum absolute atomic E-state index is 12.1. The molecule has 0 aromatic carbocycles. The number of nitrogens with one attached hydrogen (secondary N) is 1. The van der Waals surface area contributed by atoms with Crippen LogP contribution in [0.3, 0.4) is 0 Å². The number of aliphatic hydroxyl groups excluding tert-OH is 2. The van der Waals surface area contributed by atoms with Gasteiger partial charge in [-0.1, -0.05) is 0 Å². The molecule has 3 rings (SSSR count). The Morgan fingerprint density at radius 2 is 1.85 bits per heavy atom. The SMILES string of the molecule is O=C(N[C@@H]1CCC[C@@H](O)[C@@H]1O)c1cnc(C2CC2)nc1. The lowest BCUT2D eigenvalue weighted by molar-refractivity contribution is -0.0278.